The van der Waals surface area contributed by atoms with E-state index in [0.717, 1.165) is 31.7 Å². The second kappa shape index (κ2) is 7.53. The van der Waals surface area contributed by atoms with Crippen molar-refractivity contribution in [3.8, 4) is 0 Å². The highest BCUT2D eigenvalue weighted by Crippen LogP contribution is 2.24. The smallest absolute Gasteiger partial charge is 0.137 e. The van der Waals surface area contributed by atoms with Gasteiger partial charge < -0.3 is 5.32 Å². The zero-order valence-electron chi connectivity index (χ0n) is 12.3. The summed E-state index contributed by atoms with van der Waals surface area (Å²) >= 11 is 3.36. The van der Waals surface area contributed by atoms with Crippen molar-refractivity contribution in [1.82, 2.24) is 10.2 Å². The van der Waals surface area contributed by atoms with E-state index in [1.165, 1.54) is 18.9 Å². The summed E-state index contributed by atoms with van der Waals surface area (Å²) in [7, 11) is 0. The first-order chi connectivity index (χ1) is 9.56. The first-order valence-electron chi connectivity index (χ1n) is 7.45. The van der Waals surface area contributed by atoms with E-state index in [9.17, 15) is 4.39 Å². The molecule has 1 unspecified atom stereocenters. The van der Waals surface area contributed by atoms with E-state index >= 15 is 0 Å². The number of rotatable bonds is 5. The predicted octanol–water partition coefficient (Wildman–Crippen LogP) is 3.80. The van der Waals surface area contributed by atoms with Crippen LogP contribution in [0.4, 0.5) is 4.39 Å². The molecule has 0 aromatic heterocycles. The average Bonchev–Trinajstić information content (AvgIpc) is 2.42. The van der Waals surface area contributed by atoms with E-state index in [1.807, 2.05) is 6.07 Å². The Bertz CT molecular complexity index is 436. The molecule has 1 fully saturated rings. The summed E-state index contributed by atoms with van der Waals surface area (Å²) in [5.41, 5.74) is 1.04. The Kier molecular flexibility index (Phi) is 6.00. The molecule has 1 heterocycles. The molecule has 2 rings (SSSR count). The van der Waals surface area contributed by atoms with Crippen LogP contribution in [0, 0.1) is 11.7 Å². The first-order valence-corrected chi connectivity index (χ1v) is 8.24. The van der Waals surface area contributed by atoms with E-state index in [0.29, 0.717) is 16.4 Å². The van der Waals surface area contributed by atoms with Gasteiger partial charge in [0.15, 0.2) is 0 Å². The quantitative estimate of drug-likeness (QED) is 0.875. The molecular weight excluding hydrogens is 319 g/mol. The number of halogens is 2. The molecule has 1 saturated heterocycles. The molecular formula is C16H24BrFN2. The number of piperidine rings is 1. The molecule has 0 spiro atoms. The normalized spacial score (nSPS) is 20.6. The van der Waals surface area contributed by atoms with Crippen LogP contribution >= 0.6 is 15.9 Å². The number of hydrogen-bond acceptors (Lipinski definition) is 2. The molecule has 0 aliphatic carbocycles. The summed E-state index contributed by atoms with van der Waals surface area (Å²) in [6.45, 7) is 8.49. The standard InChI is InChI=1S/C16H24BrFN2/c1-12(2)19-9-13-5-4-8-20(10-13)11-14-6-3-7-15(18)16(14)17/h3,6-7,12-13,19H,4-5,8-11H2,1-2H3. The van der Waals surface area contributed by atoms with Crippen LogP contribution in [0.15, 0.2) is 22.7 Å². The summed E-state index contributed by atoms with van der Waals surface area (Å²) in [5.74, 6) is 0.538. The Labute approximate surface area is 129 Å². The van der Waals surface area contributed by atoms with Crippen LogP contribution < -0.4 is 5.32 Å². The van der Waals surface area contributed by atoms with Gasteiger partial charge in [-0.1, -0.05) is 26.0 Å². The summed E-state index contributed by atoms with van der Waals surface area (Å²) in [4.78, 5) is 2.44. The van der Waals surface area contributed by atoms with Crippen molar-refractivity contribution in [3.05, 3.63) is 34.1 Å². The molecule has 1 aromatic carbocycles. The maximum Gasteiger partial charge on any atom is 0.137 e. The van der Waals surface area contributed by atoms with Gasteiger partial charge >= 0.3 is 0 Å². The van der Waals surface area contributed by atoms with Gasteiger partial charge in [-0.05, 0) is 59.4 Å². The second-order valence-corrected chi connectivity index (χ2v) is 6.81. The monoisotopic (exact) mass is 342 g/mol. The fourth-order valence-corrected chi connectivity index (χ4v) is 3.17. The average molecular weight is 343 g/mol. The predicted molar refractivity (Wildman–Crippen MR) is 85.2 cm³/mol. The van der Waals surface area contributed by atoms with Crippen LogP contribution in [0.5, 0.6) is 0 Å². The summed E-state index contributed by atoms with van der Waals surface area (Å²) in [6, 6.07) is 5.84. The minimum atomic E-state index is -0.169. The minimum Gasteiger partial charge on any atom is -0.314 e. The highest BCUT2D eigenvalue weighted by Gasteiger charge is 2.20. The van der Waals surface area contributed by atoms with Gasteiger partial charge in [0.25, 0.3) is 0 Å². The van der Waals surface area contributed by atoms with E-state index in [1.54, 1.807) is 6.07 Å². The van der Waals surface area contributed by atoms with E-state index in [-0.39, 0.29) is 5.82 Å². The second-order valence-electron chi connectivity index (χ2n) is 6.02. The van der Waals surface area contributed by atoms with Gasteiger partial charge in [0.1, 0.15) is 5.82 Å². The molecule has 1 aliphatic rings. The SMILES string of the molecule is CC(C)NCC1CCCN(Cc2cccc(F)c2Br)C1. The highest BCUT2D eigenvalue weighted by molar-refractivity contribution is 9.10. The van der Waals surface area contributed by atoms with Crippen molar-refractivity contribution in [1.29, 1.82) is 0 Å². The van der Waals surface area contributed by atoms with Crippen molar-refractivity contribution in [2.45, 2.75) is 39.3 Å². The molecule has 0 amide bonds. The molecule has 1 N–H and O–H groups in total. The molecule has 4 heteroatoms. The molecule has 1 aromatic rings. The highest BCUT2D eigenvalue weighted by atomic mass is 79.9. The van der Waals surface area contributed by atoms with Gasteiger partial charge in [0, 0.05) is 19.1 Å². The number of benzene rings is 1. The molecule has 1 aliphatic heterocycles. The fraction of sp³-hybridized carbons (Fsp3) is 0.625. The summed E-state index contributed by atoms with van der Waals surface area (Å²) in [5, 5.41) is 3.52. The fourth-order valence-electron chi connectivity index (χ4n) is 2.78. The topological polar surface area (TPSA) is 15.3 Å². The van der Waals surface area contributed by atoms with Crippen molar-refractivity contribution in [2.75, 3.05) is 19.6 Å². The number of nitrogens with one attached hydrogen (secondary N) is 1. The van der Waals surface area contributed by atoms with Crippen molar-refractivity contribution in [2.24, 2.45) is 5.92 Å². The number of likely N-dealkylation sites (tertiary alicyclic amines) is 1. The largest absolute Gasteiger partial charge is 0.314 e. The molecule has 1 atom stereocenters. The number of hydrogen-bond donors (Lipinski definition) is 1. The molecule has 20 heavy (non-hydrogen) atoms. The molecule has 112 valence electrons. The van der Waals surface area contributed by atoms with Crippen LogP contribution in [0.25, 0.3) is 0 Å². The zero-order chi connectivity index (χ0) is 14.5. The van der Waals surface area contributed by atoms with Gasteiger partial charge in [-0.25, -0.2) is 4.39 Å². The minimum absolute atomic E-state index is 0.169. The Morgan fingerprint density at radius 1 is 1.45 bits per heavy atom. The van der Waals surface area contributed by atoms with Crippen molar-refractivity contribution >= 4 is 15.9 Å². The van der Waals surface area contributed by atoms with Crippen LogP contribution in [-0.2, 0) is 6.54 Å². The van der Waals surface area contributed by atoms with Gasteiger partial charge in [0.05, 0.1) is 4.47 Å². The van der Waals surface area contributed by atoms with Crippen molar-refractivity contribution in [3.63, 3.8) is 0 Å². The third kappa shape index (κ3) is 4.54. The summed E-state index contributed by atoms with van der Waals surface area (Å²) in [6.07, 6.45) is 2.53. The number of nitrogens with zero attached hydrogens (tertiary/aromatic N) is 1. The molecule has 2 nitrogen and oxygen atoms in total. The van der Waals surface area contributed by atoms with Gasteiger partial charge in [-0.15, -0.1) is 0 Å². The van der Waals surface area contributed by atoms with E-state index < -0.39 is 0 Å². The maximum absolute atomic E-state index is 13.5. The van der Waals surface area contributed by atoms with Gasteiger partial charge in [0.2, 0.25) is 0 Å². The lowest BCUT2D eigenvalue weighted by Crippen LogP contribution is -2.40. The third-order valence-corrected chi connectivity index (χ3v) is 4.73. The van der Waals surface area contributed by atoms with Crippen molar-refractivity contribution < 1.29 is 4.39 Å². The Morgan fingerprint density at radius 2 is 2.25 bits per heavy atom. The van der Waals surface area contributed by atoms with Crippen LogP contribution in [0.3, 0.4) is 0 Å². The van der Waals surface area contributed by atoms with E-state index in [2.05, 4.69) is 40.0 Å². The van der Waals surface area contributed by atoms with Crippen LogP contribution in [-0.4, -0.2) is 30.6 Å². The van der Waals surface area contributed by atoms with Crippen LogP contribution in [0.2, 0.25) is 0 Å². The molecule has 0 saturated carbocycles. The summed E-state index contributed by atoms with van der Waals surface area (Å²) < 4.78 is 14.2. The zero-order valence-corrected chi connectivity index (χ0v) is 13.9. The Balaban J connectivity index is 1.91. The lowest BCUT2D eigenvalue weighted by atomic mass is 9.97. The van der Waals surface area contributed by atoms with Gasteiger partial charge in [-0.3, -0.25) is 4.90 Å². The maximum atomic E-state index is 13.5. The lowest BCUT2D eigenvalue weighted by molar-refractivity contribution is 0.163. The van der Waals surface area contributed by atoms with Crippen LogP contribution in [0.1, 0.15) is 32.3 Å². The lowest BCUT2D eigenvalue weighted by Gasteiger charge is -2.33. The van der Waals surface area contributed by atoms with Gasteiger partial charge in [-0.2, -0.15) is 0 Å². The molecule has 0 radical (unpaired) electrons. The van der Waals surface area contributed by atoms with E-state index in [4.69, 9.17) is 0 Å². The Morgan fingerprint density at radius 3 is 3.00 bits per heavy atom. The molecule has 0 bridgehead atoms. The third-order valence-electron chi connectivity index (χ3n) is 3.84. The Hall–Kier alpha value is -0.450. The first kappa shape index (κ1) is 15.9.